The number of hydrogen-bond donors (Lipinski definition) is 1. The predicted molar refractivity (Wildman–Crippen MR) is 91.8 cm³/mol. The summed E-state index contributed by atoms with van der Waals surface area (Å²) in [6.45, 7) is 8.76. The zero-order chi connectivity index (χ0) is 15.4. The van der Waals surface area contributed by atoms with Gasteiger partial charge in [-0.1, -0.05) is 56.3 Å². The second-order valence-corrected chi connectivity index (χ2v) is 6.48. The van der Waals surface area contributed by atoms with E-state index in [1.807, 2.05) is 0 Å². The van der Waals surface area contributed by atoms with Crippen molar-refractivity contribution in [2.75, 3.05) is 0 Å². The van der Waals surface area contributed by atoms with E-state index in [0.29, 0.717) is 5.92 Å². The van der Waals surface area contributed by atoms with Crippen LogP contribution in [-0.2, 0) is 12.8 Å². The smallest absolute Gasteiger partial charge is 0.0120 e. The minimum absolute atomic E-state index is 0.178. The molecule has 2 aromatic rings. The van der Waals surface area contributed by atoms with Crippen molar-refractivity contribution in [1.29, 1.82) is 0 Å². The minimum atomic E-state index is 0.178. The lowest BCUT2D eigenvalue weighted by atomic mass is 9.95. The van der Waals surface area contributed by atoms with Gasteiger partial charge < -0.3 is 5.73 Å². The summed E-state index contributed by atoms with van der Waals surface area (Å²) in [5, 5.41) is 0. The van der Waals surface area contributed by atoms with E-state index >= 15 is 0 Å². The normalized spacial score (nSPS) is 12.7. The van der Waals surface area contributed by atoms with Crippen LogP contribution in [0.2, 0.25) is 0 Å². The van der Waals surface area contributed by atoms with Gasteiger partial charge >= 0.3 is 0 Å². The first-order valence-corrected chi connectivity index (χ1v) is 7.86. The van der Waals surface area contributed by atoms with Crippen molar-refractivity contribution < 1.29 is 0 Å². The van der Waals surface area contributed by atoms with Crippen molar-refractivity contribution in [1.82, 2.24) is 0 Å². The van der Waals surface area contributed by atoms with Gasteiger partial charge in [0, 0.05) is 6.04 Å². The fourth-order valence-electron chi connectivity index (χ4n) is 2.65. The molecule has 0 aliphatic rings. The molecule has 0 spiro atoms. The average molecular weight is 281 g/mol. The molecule has 0 saturated carbocycles. The molecule has 0 saturated heterocycles. The molecular formula is C20H27N. The Morgan fingerprint density at radius 2 is 1.38 bits per heavy atom. The van der Waals surface area contributed by atoms with Crippen LogP contribution in [0.1, 0.15) is 47.6 Å². The monoisotopic (exact) mass is 281 g/mol. The van der Waals surface area contributed by atoms with Crippen LogP contribution in [0.5, 0.6) is 0 Å². The topological polar surface area (TPSA) is 26.0 Å². The largest absolute Gasteiger partial charge is 0.327 e. The molecule has 1 heteroatoms. The van der Waals surface area contributed by atoms with Crippen LogP contribution in [0.4, 0.5) is 0 Å². The Kier molecular flexibility index (Phi) is 5.19. The van der Waals surface area contributed by atoms with E-state index < -0.39 is 0 Å². The molecule has 1 nitrogen and oxygen atoms in total. The van der Waals surface area contributed by atoms with Crippen LogP contribution in [0.25, 0.3) is 0 Å². The Bertz CT molecular complexity index is 581. The lowest BCUT2D eigenvalue weighted by Gasteiger charge is -2.14. The number of benzene rings is 2. The van der Waals surface area contributed by atoms with E-state index in [9.17, 15) is 0 Å². The molecule has 2 N–H and O–H groups in total. The summed E-state index contributed by atoms with van der Waals surface area (Å²) < 4.78 is 0. The third-order valence-electron chi connectivity index (χ3n) is 4.21. The van der Waals surface area contributed by atoms with E-state index in [2.05, 4.69) is 70.2 Å². The van der Waals surface area contributed by atoms with E-state index in [0.717, 1.165) is 12.8 Å². The molecule has 0 aromatic heterocycles. The van der Waals surface area contributed by atoms with E-state index in [4.69, 9.17) is 5.73 Å². The van der Waals surface area contributed by atoms with Gasteiger partial charge in [-0.3, -0.25) is 0 Å². The molecular weight excluding hydrogens is 254 g/mol. The summed E-state index contributed by atoms with van der Waals surface area (Å²) in [4.78, 5) is 0. The lowest BCUT2D eigenvalue weighted by molar-refractivity contribution is 0.664. The van der Waals surface area contributed by atoms with E-state index in [1.54, 1.807) is 0 Å². The molecule has 2 aromatic carbocycles. The highest BCUT2D eigenvalue weighted by atomic mass is 14.6. The molecule has 0 heterocycles. The molecule has 0 bridgehead atoms. The van der Waals surface area contributed by atoms with Crippen molar-refractivity contribution in [2.24, 2.45) is 5.73 Å². The maximum Gasteiger partial charge on any atom is 0.0120 e. The second-order valence-electron chi connectivity index (χ2n) is 6.48. The van der Waals surface area contributed by atoms with Gasteiger partial charge in [-0.15, -0.1) is 0 Å². The highest BCUT2D eigenvalue weighted by Gasteiger charge is 2.07. The maximum atomic E-state index is 6.32. The first-order chi connectivity index (χ1) is 9.95. The van der Waals surface area contributed by atoms with Crippen molar-refractivity contribution in [2.45, 2.75) is 52.5 Å². The predicted octanol–water partition coefficient (Wildman–Crippen LogP) is 4.54. The Labute approximate surface area is 129 Å². The highest BCUT2D eigenvalue weighted by molar-refractivity contribution is 5.31. The Balaban J connectivity index is 1.97. The molecule has 1 unspecified atom stereocenters. The van der Waals surface area contributed by atoms with Crippen molar-refractivity contribution in [3.63, 3.8) is 0 Å². The quantitative estimate of drug-likeness (QED) is 0.855. The number of aryl methyl sites for hydroxylation is 2. The van der Waals surface area contributed by atoms with Gasteiger partial charge in [-0.25, -0.2) is 0 Å². The van der Waals surface area contributed by atoms with E-state index in [1.165, 1.54) is 27.8 Å². The molecule has 1 atom stereocenters. The van der Waals surface area contributed by atoms with Crippen molar-refractivity contribution >= 4 is 0 Å². The molecule has 2 rings (SSSR count). The summed E-state index contributed by atoms with van der Waals surface area (Å²) in [7, 11) is 0. The summed E-state index contributed by atoms with van der Waals surface area (Å²) in [6, 6.07) is 15.7. The van der Waals surface area contributed by atoms with Crippen LogP contribution in [0.3, 0.4) is 0 Å². The standard InChI is InChI=1S/C20H27N/c1-14(2)19-9-7-17(8-10-19)12-20(21)13-18-6-5-15(3)16(4)11-18/h5-11,14,20H,12-13,21H2,1-4H3. The van der Waals surface area contributed by atoms with Crippen LogP contribution >= 0.6 is 0 Å². The zero-order valence-electron chi connectivity index (χ0n) is 13.7. The Hall–Kier alpha value is -1.60. The van der Waals surface area contributed by atoms with Gasteiger partial charge in [-0.05, 0) is 60.4 Å². The third-order valence-corrected chi connectivity index (χ3v) is 4.21. The third kappa shape index (κ3) is 4.44. The van der Waals surface area contributed by atoms with Crippen LogP contribution in [0, 0.1) is 13.8 Å². The lowest BCUT2D eigenvalue weighted by Crippen LogP contribution is -2.25. The molecule has 21 heavy (non-hydrogen) atoms. The van der Waals surface area contributed by atoms with Gasteiger partial charge in [0.2, 0.25) is 0 Å². The summed E-state index contributed by atoms with van der Waals surface area (Å²) in [6.07, 6.45) is 1.87. The fourth-order valence-corrected chi connectivity index (χ4v) is 2.65. The zero-order valence-corrected chi connectivity index (χ0v) is 13.7. The molecule has 112 valence electrons. The first-order valence-electron chi connectivity index (χ1n) is 7.86. The molecule has 0 fully saturated rings. The number of hydrogen-bond acceptors (Lipinski definition) is 1. The van der Waals surface area contributed by atoms with Gasteiger partial charge in [0.1, 0.15) is 0 Å². The maximum absolute atomic E-state index is 6.32. The van der Waals surface area contributed by atoms with Crippen LogP contribution in [0.15, 0.2) is 42.5 Å². The van der Waals surface area contributed by atoms with Gasteiger partial charge in [-0.2, -0.15) is 0 Å². The fraction of sp³-hybridized carbons (Fsp3) is 0.400. The minimum Gasteiger partial charge on any atom is -0.327 e. The van der Waals surface area contributed by atoms with Crippen LogP contribution in [-0.4, -0.2) is 6.04 Å². The van der Waals surface area contributed by atoms with Gasteiger partial charge in [0.15, 0.2) is 0 Å². The van der Waals surface area contributed by atoms with Crippen molar-refractivity contribution in [3.8, 4) is 0 Å². The molecule has 0 aliphatic carbocycles. The second kappa shape index (κ2) is 6.91. The van der Waals surface area contributed by atoms with Gasteiger partial charge in [0.25, 0.3) is 0 Å². The molecule has 0 amide bonds. The summed E-state index contributed by atoms with van der Waals surface area (Å²) in [5.41, 5.74) is 13.1. The molecule has 0 radical (unpaired) electrons. The SMILES string of the molecule is Cc1ccc(CC(N)Cc2ccc(C(C)C)cc2)cc1C. The highest BCUT2D eigenvalue weighted by Crippen LogP contribution is 2.16. The first kappa shape index (κ1) is 15.8. The Morgan fingerprint density at radius 1 is 0.810 bits per heavy atom. The van der Waals surface area contributed by atoms with Crippen molar-refractivity contribution in [3.05, 3.63) is 70.3 Å². The number of rotatable bonds is 5. The Morgan fingerprint density at radius 3 is 1.95 bits per heavy atom. The van der Waals surface area contributed by atoms with E-state index in [-0.39, 0.29) is 6.04 Å². The summed E-state index contributed by atoms with van der Waals surface area (Å²) in [5.74, 6) is 0.586. The average Bonchev–Trinajstić information content (AvgIpc) is 2.43. The van der Waals surface area contributed by atoms with Crippen LogP contribution < -0.4 is 5.73 Å². The molecule has 0 aliphatic heterocycles. The summed E-state index contributed by atoms with van der Waals surface area (Å²) >= 11 is 0. The number of nitrogens with two attached hydrogens (primary N) is 1. The van der Waals surface area contributed by atoms with Gasteiger partial charge in [0.05, 0.1) is 0 Å².